The molecule has 0 atom stereocenters. The lowest BCUT2D eigenvalue weighted by Gasteiger charge is -2.17. The van der Waals surface area contributed by atoms with Crippen LogP contribution in [0.3, 0.4) is 0 Å². The summed E-state index contributed by atoms with van der Waals surface area (Å²) in [5, 5.41) is 11.3. The topological polar surface area (TPSA) is 145 Å². The summed E-state index contributed by atoms with van der Waals surface area (Å²) in [4.78, 5) is 43.8. The zero-order valence-corrected chi connectivity index (χ0v) is 15.6. The Morgan fingerprint density at radius 3 is 2.50 bits per heavy atom. The van der Waals surface area contributed by atoms with Crippen LogP contribution in [0.4, 0.5) is 15.8 Å². The Morgan fingerprint density at radius 1 is 1.20 bits per heavy atom. The van der Waals surface area contributed by atoms with Crippen molar-refractivity contribution in [2.75, 3.05) is 17.3 Å². The van der Waals surface area contributed by atoms with Gasteiger partial charge in [-0.2, -0.15) is 5.26 Å². The lowest BCUT2D eigenvalue weighted by Crippen LogP contribution is -2.29. The Bertz CT molecular complexity index is 1180. The fourth-order valence-corrected chi connectivity index (χ4v) is 2.64. The molecule has 1 aromatic heterocycles. The van der Waals surface area contributed by atoms with Crippen molar-refractivity contribution in [3.63, 3.8) is 0 Å². The summed E-state index contributed by atoms with van der Waals surface area (Å²) in [6.07, 6.45) is 1.20. The number of anilines is 2. The third-order valence-electron chi connectivity index (χ3n) is 4.26. The molecule has 0 radical (unpaired) electrons. The highest BCUT2D eigenvalue weighted by Gasteiger charge is 2.22. The van der Waals surface area contributed by atoms with Gasteiger partial charge >= 0.3 is 0 Å². The number of carbonyl (C=O) groups excluding carboxylic acids is 3. The lowest BCUT2D eigenvalue weighted by atomic mass is 10.1. The standard InChI is InChI=1S/C20H15FN6O3/c1-27(20(30)17-16(18(23)28)24-10-25-17)14-6-4-13(5-7-14)26-19(29)11-2-3-12(9-22)15(21)8-11/h2-8,10H,1H3,(H2,23,28)(H,24,25)(H,26,29). The van der Waals surface area contributed by atoms with Gasteiger partial charge in [-0.1, -0.05) is 0 Å². The second-order valence-corrected chi connectivity index (χ2v) is 6.16. The van der Waals surface area contributed by atoms with Crippen molar-refractivity contribution in [2.45, 2.75) is 0 Å². The van der Waals surface area contributed by atoms with Crippen LogP contribution in [0, 0.1) is 17.1 Å². The van der Waals surface area contributed by atoms with Gasteiger partial charge in [-0.05, 0) is 42.5 Å². The van der Waals surface area contributed by atoms with Crippen molar-refractivity contribution in [2.24, 2.45) is 5.73 Å². The first-order valence-corrected chi connectivity index (χ1v) is 8.54. The average molecular weight is 406 g/mol. The number of H-pyrrole nitrogens is 1. The molecule has 0 bridgehead atoms. The van der Waals surface area contributed by atoms with E-state index < -0.39 is 23.5 Å². The highest BCUT2D eigenvalue weighted by atomic mass is 19.1. The number of nitrogens with two attached hydrogens (primary N) is 1. The number of aromatic nitrogens is 2. The van der Waals surface area contributed by atoms with E-state index >= 15 is 0 Å². The van der Waals surface area contributed by atoms with E-state index in [1.165, 1.54) is 30.4 Å². The third kappa shape index (κ3) is 4.00. The molecule has 3 aromatic rings. The Labute approximate surface area is 169 Å². The van der Waals surface area contributed by atoms with Gasteiger partial charge in [0, 0.05) is 24.0 Å². The van der Waals surface area contributed by atoms with Crippen LogP contribution in [0.5, 0.6) is 0 Å². The van der Waals surface area contributed by atoms with Gasteiger partial charge in [-0.3, -0.25) is 14.4 Å². The van der Waals surface area contributed by atoms with E-state index in [0.717, 1.165) is 6.07 Å². The minimum absolute atomic E-state index is 0.0559. The smallest absolute Gasteiger partial charge is 0.279 e. The number of amides is 3. The van der Waals surface area contributed by atoms with Crippen LogP contribution < -0.4 is 16.0 Å². The number of nitriles is 1. The number of benzene rings is 2. The van der Waals surface area contributed by atoms with E-state index in [9.17, 15) is 18.8 Å². The summed E-state index contributed by atoms with van der Waals surface area (Å²) in [6.45, 7) is 0. The number of primary amides is 1. The molecule has 10 heteroatoms. The third-order valence-corrected chi connectivity index (χ3v) is 4.26. The molecule has 1 heterocycles. The molecule has 0 aliphatic carbocycles. The van der Waals surface area contributed by atoms with Gasteiger partial charge in [0.1, 0.15) is 17.6 Å². The van der Waals surface area contributed by atoms with E-state index in [1.807, 2.05) is 0 Å². The van der Waals surface area contributed by atoms with Crippen LogP contribution in [0.15, 0.2) is 48.8 Å². The fraction of sp³-hybridized carbons (Fsp3) is 0.0500. The Hall–Kier alpha value is -4.52. The Balaban J connectivity index is 1.73. The van der Waals surface area contributed by atoms with Crippen LogP contribution >= 0.6 is 0 Å². The predicted octanol–water partition coefficient (Wildman–Crippen LogP) is 2.05. The highest BCUT2D eigenvalue weighted by molar-refractivity contribution is 6.11. The fourth-order valence-electron chi connectivity index (χ4n) is 2.64. The molecular weight excluding hydrogens is 391 g/mol. The van der Waals surface area contributed by atoms with E-state index in [2.05, 4.69) is 15.3 Å². The van der Waals surface area contributed by atoms with Crippen molar-refractivity contribution >= 4 is 29.1 Å². The van der Waals surface area contributed by atoms with Gasteiger partial charge in [0.05, 0.1) is 11.9 Å². The first-order chi connectivity index (χ1) is 14.3. The summed E-state index contributed by atoms with van der Waals surface area (Å²) in [6, 6.07) is 11.5. The van der Waals surface area contributed by atoms with E-state index in [0.29, 0.717) is 11.4 Å². The van der Waals surface area contributed by atoms with Crippen LogP contribution in [-0.2, 0) is 0 Å². The number of hydrogen-bond acceptors (Lipinski definition) is 5. The van der Waals surface area contributed by atoms with Gasteiger partial charge in [0.25, 0.3) is 17.7 Å². The number of aromatic amines is 1. The first kappa shape index (κ1) is 20.2. The first-order valence-electron chi connectivity index (χ1n) is 8.54. The summed E-state index contributed by atoms with van der Waals surface area (Å²) in [5.41, 5.74) is 5.80. The largest absolute Gasteiger partial charge is 0.364 e. The Kier molecular flexibility index (Phi) is 5.55. The molecule has 0 aliphatic heterocycles. The summed E-state index contributed by atoms with van der Waals surface area (Å²) < 4.78 is 13.7. The molecule has 9 nitrogen and oxygen atoms in total. The lowest BCUT2D eigenvalue weighted by molar-refractivity contribution is 0.0958. The van der Waals surface area contributed by atoms with E-state index in [-0.39, 0.29) is 22.5 Å². The van der Waals surface area contributed by atoms with Crippen LogP contribution in [-0.4, -0.2) is 34.7 Å². The monoisotopic (exact) mass is 406 g/mol. The number of imidazole rings is 1. The second kappa shape index (κ2) is 8.24. The summed E-state index contributed by atoms with van der Waals surface area (Å²) in [5.74, 6) is -2.69. The van der Waals surface area contributed by atoms with Gasteiger partial charge in [-0.25, -0.2) is 9.37 Å². The summed E-state index contributed by atoms with van der Waals surface area (Å²) >= 11 is 0. The molecule has 30 heavy (non-hydrogen) atoms. The number of rotatable bonds is 5. The number of nitrogens with zero attached hydrogens (tertiary/aromatic N) is 3. The average Bonchev–Trinajstić information content (AvgIpc) is 3.23. The normalized spacial score (nSPS) is 10.2. The van der Waals surface area contributed by atoms with Crippen molar-refractivity contribution < 1.29 is 18.8 Å². The highest BCUT2D eigenvalue weighted by Crippen LogP contribution is 2.20. The molecule has 0 fully saturated rings. The zero-order chi connectivity index (χ0) is 21.8. The Morgan fingerprint density at radius 2 is 1.90 bits per heavy atom. The number of nitrogens with one attached hydrogen (secondary N) is 2. The van der Waals surface area contributed by atoms with E-state index in [1.54, 1.807) is 30.3 Å². The van der Waals surface area contributed by atoms with Gasteiger partial charge in [0.2, 0.25) is 0 Å². The molecule has 4 N–H and O–H groups in total. The molecule has 0 aliphatic rings. The van der Waals surface area contributed by atoms with Crippen LogP contribution in [0.1, 0.15) is 36.9 Å². The molecule has 3 amide bonds. The second-order valence-electron chi connectivity index (χ2n) is 6.16. The molecule has 0 saturated carbocycles. The van der Waals surface area contributed by atoms with Crippen molar-refractivity contribution in [1.82, 2.24) is 9.97 Å². The maximum atomic E-state index is 13.7. The molecular formula is C20H15FN6O3. The maximum absolute atomic E-state index is 13.7. The van der Waals surface area contributed by atoms with Crippen molar-refractivity contribution in [3.05, 3.63) is 77.1 Å². The van der Waals surface area contributed by atoms with Crippen LogP contribution in [0.25, 0.3) is 0 Å². The molecule has 0 saturated heterocycles. The zero-order valence-electron chi connectivity index (χ0n) is 15.6. The maximum Gasteiger partial charge on any atom is 0.279 e. The molecule has 2 aromatic carbocycles. The number of carbonyl (C=O) groups is 3. The van der Waals surface area contributed by atoms with E-state index in [4.69, 9.17) is 11.0 Å². The van der Waals surface area contributed by atoms with Gasteiger partial charge in [0.15, 0.2) is 5.69 Å². The number of halogens is 1. The molecule has 0 spiro atoms. The van der Waals surface area contributed by atoms with Gasteiger partial charge in [-0.15, -0.1) is 0 Å². The SMILES string of the molecule is CN(C(=O)c1nc[nH]c1C(N)=O)c1ccc(NC(=O)c2ccc(C#N)c(F)c2)cc1. The quantitative estimate of drug-likeness (QED) is 0.594. The van der Waals surface area contributed by atoms with Crippen LogP contribution in [0.2, 0.25) is 0 Å². The molecule has 150 valence electrons. The van der Waals surface area contributed by atoms with Crippen molar-refractivity contribution in [3.8, 4) is 6.07 Å². The van der Waals surface area contributed by atoms with Crippen molar-refractivity contribution in [1.29, 1.82) is 5.26 Å². The predicted molar refractivity (Wildman–Crippen MR) is 105 cm³/mol. The molecule has 3 rings (SSSR count). The van der Waals surface area contributed by atoms with Gasteiger partial charge < -0.3 is 20.9 Å². The number of hydrogen-bond donors (Lipinski definition) is 3. The minimum atomic E-state index is -0.804. The minimum Gasteiger partial charge on any atom is -0.364 e. The summed E-state index contributed by atoms with van der Waals surface area (Å²) in [7, 11) is 1.49. The molecule has 0 unspecified atom stereocenters.